The van der Waals surface area contributed by atoms with Crippen molar-refractivity contribution in [3.63, 3.8) is 0 Å². The minimum atomic E-state index is -4.39. The average Bonchev–Trinajstić information content (AvgIpc) is 2.67. The molecule has 0 aromatic rings. The first kappa shape index (κ1) is 28.6. The maximum absolute atomic E-state index is 10.4. The van der Waals surface area contributed by atoms with E-state index in [1.54, 1.807) is 6.26 Å². The molecule has 0 heterocycles. The molecule has 0 aliphatic carbocycles. The van der Waals surface area contributed by atoms with Gasteiger partial charge < -0.3 is 19.3 Å². The molecule has 0 saturated carbocycles. The van der Waals surface area contributed by atoms with E-state index in [-0.39, 0.29) is 13.2 Å². The fourth-order valence-electron chi connectivity index (χ4n) is 3.09. The maximum atomic E-state index is 10.4. The van der Waals surface area contributed by atoms with Crippen molar-refractivity contribution in [1.29, 1.82) is 0 Å². The fraction of sp³-hybridized carbons (Fsp3) is 0.909. The van der Waals surface area contributed by atoms with Crippen LogP contribution in [0.3, 0.4) is 0 Å². The zero-order valence-electron chi connectivity index (χ0n) is 18.6. The maximum Gasteiger partial charge on any atom is 0.469 e. The third-order valence-electron chi connectivity index (χ3n) is 4.75. The lowest BCUT2D eigenvalue weighted by atomic mass is 10.0. The van der Waals surface area contributed by atoms with E-state index in [2.05, 4.69) is 11.4 Å². The topological polar surface area (TPSA) is 85.2 Å². The molecule has 0 bridgehead atoms. The first-order valence-electron chi connectivity index (χ1n) is 11.6. The highest BCUT2D eigenvalue weighted by Gasteiger charge is 2.12. The van der Waals surface area contributed by atoms with Crippen molar-refractivity contribution in [3.8, 4) is 0 Å². The molecule has 0 atom stereocenters. The standard InChI is InChI=1S/C22H45O6P/c1-2-3-4-5-6-7-8-9-10-11-12-13-14-15-16-17-18-26-19-20-27-21-22-28-29(23,24)25/h17-18H,2-16,19-22H2,1H3,(H2,23,24,25). The summed E-state index contributed by atoms with van der Waals surface area (Å²) in [5, 5.41) is 0. The highest BCUT2D eigenvalue weighted by Crippen LogP contribution is 2.35. The van der Waals surface area contributed by atoms with Gasteiger partial charge in [0.05, 0.1) is 26.1 Å². The summed E-state index contributed by atoms with van der Waals surface area (Å²) < 4.78 is 25.1. The van der Waals surface area contributed by atoms with Gasteiger partial charge in [-0.25, -0.2) is 4.57 Å². The van der Waals surface area contributed by atoms with Crippen LogP contribution in [-0.2, 0) is 18.6 Å². The number of ether oxygens (including phenoxy) is 2. The van der Waals surface area contributed by atoms with E-state index in [0.29, 0.717) is 13.2 Å². The van der Waals surface area contributed by atoms with Gasteiger partial charge in [-0.3, -0.25) is 4.52 Å². The molecule has 0 aliphatic rings. The van der Waals surface area contributed by atoms with Gasteiger partial charge in [0, 0.05) is 0 Å². The first-order valence-corrected chi connectivity index (χ1v) is 13.1. The summed E-state index contributed by atoms with van der Waals surface area (Å²) in [6.07, 6.45) is 24.0. The number of allylic oxidation sites excluding steroid dienone is 1. The largest absolute Gasteiger partial charge is 0.499 e. The van der Waals surface area contributed by atoms with Crippen LogP contribution in [0.25, 0.3) is 0 Å². The zero-order valence-corrected chi connectivity index (χ0v) is 19.5. The molecule has 0 aromatic heterocycles. The molecule has 174 valence electrons. The van der Waals surface area contributed by atoms with Crippen LogP contribution in [0.5, 0.6) is 0 Å². The molecule has 2 N–H and O–H groups in total. The van der Waals surface area contributed by atoms with Crippen molar-refractivity contribution in [3.05, 3.63) is 12.3 Å². The van der Waals surface area contributed by atoms with Crippen LogP contribution in [0.2, 0.25) is 0 Å². The molecule has 0 aromatic carbocycles. The number of phosphoric ester groups is 1. The molecule has 0 unspecified atom stereocenters. The van der Waals surface area contributed by atoms with Gasteiger partial charge in [-0.15, -0.1) is 0 Å². The van der Waals surface area contributed by atoms with E-state index in [9.17, 15) is 4.57 Å². The van der Waals surface area contributed by atoms with Crippen LogP contribution >= 0.6 is 7.82 Å². The van der Waals surface area contributed by atoms with Crippen LogP contribution in [0.1, 0.15) is 103 Å². The van der Waals surface area contributed by atoms with Crippen molar-refractivity contribution in [2.24, 2.45) is 0 Å². The van der Waals surface area contributed by atoms with Crippen LogP contribution in [0.4, 0.5) is 0 Å². The first-order chi connectivity index (χ1) is 14.1. The van der Waals surface area contributed by atoms with Gasteiger partial charge in [0.2, 0.25) is 0 Å². The Bertz CT molecular complexity index is 397. The van der Waals surface area contributed by atoms with Crippen LogP contribution in [0, 0.1) is 0 Å². The Morgan fingerprint density at radius 1 is 0.690 bits per heavy atom. The minimum Gasteiger partial charge on any atom is -0.499 e. The average molecular weight is 437 g/mol. The van der Waals surface area contributed by atoms with E-state index in [1.807, 2.05) is 6.08 Å². The Morgan fingerprint density at radius 2 is 1.17 bits per heavy atom. The summed E-state index contributed by atoms with van der Waals surface area (Å²) in [7, 11) is -4.39. The highest BCUT2D eigenvalue weighted by atomic mass is 31.2. The van der Waals surface area contributed by atoms with E-state index in [4.69, 9.17) is 19.3 Å². The van der Waals surface area contributed by atoms with Gasteiger partial charge in [-0.05, 0) is 18.9 Å². The highest BCUT2D eigenvalue weighted by molar-refractivity contribution is 7.46. The van der Waals surface area contributed by atoms with Gasteiger partial charge in [-0.2, -0.15) is 0 Å². The molecule has 0 radical (unpaired) electrons. The van der Waals surface area contributed by atoms with Gasteiger partial charge in [0.15, 0.2) is 0 Å². The molecule has 0 fully saturated rings. The van der Waals surface area contributed by atoms with Crippen molar-refractivity contribution >= 4 is 7.82 Å². The second kappa shape index (κ2) is 22.3. The third kappa shape index (κ3) is 27.6. The van der Waals surface area contributed by atoms with Gasteiger partial charge in [0.25, 0.3) is 0 Å². The fourth-order valence-corrected chi connectivity index (χ4v) is 3.40. The summed E-state index contributed by atoms with van der Waals surface area (Å²) in [4.78, 5) is 17.0. The van der Waals surface area contributed by atoms with Crippen molar-refractivity contribution in [2.45, 2.75) is 103 Å². The zero-order chi connectivity index (χ0) is 21.5. The SMILES string of the molecule is CCCCCCCCCCCCCCCCC=COCCOCCOP(=O)(O)O. The quantitative estimate of drug-likeness (QED) is 0.108. The Kier molecular flexibility index (Phi) is 22.0. The van der Waals surface area contributed by atoms with E-state index in [0.717, 1.165) is 6.42 Å². The molecule has 29 heavy (non-hydrogen) atoms. The molecule has 0 amide bonds. The molecule has 0 spiro atoms. The Labute approximate surface area is 178 Å². The summed E-state index contributed by atoms with van der Waals surface area (Å²) >= 11 is 0. The van der Waals surface area contributed by atoms with Crippen molar-refractivity contribution in [1.82, 2.24) is 0 Å². The summed E-state index contributed by atoms with van der Waals surface area (Å²) in [6.45, 7) is 3.07. The lowest BCUT2D eigenvalue weighted by Gasteiger charge is -2.06. The van der Waals surface area contributed by atoms with E-state index in [1.165, 1.54) is 89.9 Å². The smallest absolute Gasteiger partial charge is 0.469 e. The Hall–Kier alpha value is -0.390. The molecule has 0 rings (SSSR count). The van der Waals surface area contributed by atoms with Gasteiger partial charge >= 0.3 is 7.82 Å². The predicted molar refractivity (Wildman–Crippen MR) is 119 cm³/mol. The Balaban J connectivity index is 3.11. The second-order valence-corrected chi connectivity index (χ2v) is 8.80. The molecule has 6 nitrogen and oxygen atoms in total. The molecular formula is C22H45O6P. The number of hydrogen-bond donors (Lipinski definition) is 2. The number of unbranched alkanes of at least 4 members (excludes halogenated alkanes) is 14. The lowest BCUT2D eigenvalue weighted by molar-refractivity contribution is 0.0573. The number of phosphoric acid groups is 1. The third-order valence-corrected chi connectivity index (χ3v) is 5.27. The lowest BCUT2D eigenvalue weighted by Crippen LogP contribution is -2.07. The molecule has 0 aliphatic heterocycles. The summed E-state index contributed by atoms with van der Waals surface area (Å²) in [5.41, 5.74) is 0. The molecule has 7 heteroatoms. The summed E-state index contributed by atoms with van der Waals surface area (Å²) in [5.74, 6) is 0. The van der Waals surface area contributed by atoms with Gasteiger partial charge in [-0.1, -0.05) is 90.4 Å². The molecule has 0 saturated heterocycles. The van der Waals surface area contributed by atoms with Crippen molar-refractivity contribution < 1.29 is 28.3 Å². The van der Waals surface area contributed by atoms with E-state index >= 15 is 0 Å². The number of hydrogen-bond acceptors (Lipinski definition) is 4. The Morgan fingerprint density at radius 3 is 1.69 bits per heavy atom. The van der Waals surface area contributed by atoms with Crippen molar-refractivity contribution in [2.75, 3.05) is 26.4 Å². The number of rotatable bonds is 23. The van der Waals surface area contributed by atoms with Crippen LogP contribution in [-0.4, -0.2) is 36.2 Å². The van der Waals surface area contributed by atoms with Gasteiger partial charge in [0.1, 0.15) is 6.61 Å². The second-order valence-electron chi connectivity index (χ2n) is 7.56. The monoisotopic (exact) mass is 436 g/mol. The molecular weight excluding hydrogens is 391 g/mol. The normalized spacial score (nSPS) is 12.1. The summed E-state index contributed by atoms with van der Waals surface area (Å²) in [6, 6.07) is 0. The van der Waals surface area contributed by atoms with Crippen LogP contribution < -0.4 is 0 Å². The van der Waals surface area contributed by atoms with E-state index < -0.39 is 7.82 Å². The minimum absolute atomic E-state index is 0.126. The van der Waals surface area contributed by atoms with Crippen LogP contribution in [0.15, 0.2) is 12.3 Å². The predicted octanol–water partition coefficient (Wildman–Crippen LogP) is 6.51.